The van der Waals surface area contributed by atoms with Crippen LogP contribution in [0.2, 0.25) is 0 Å². The van der Waals surface area contributed by atoms with Crippen LogP contribution in [-0.4, -0.2) is 78.4 Å². The third-order valence-corrected chi connectivity index (χ3v) is 6.25. The van der Waals surface area contributed by atoms with Gasteiger partial charge in [-0.1, -0.05) is 37.3 Å². The maximum atomic E-state index is 12.9. The maximum absolute atomic E-state index is 12.9. The van der Waals surface area contributed by atoms with E-state index in [2.05, 4.69) is 22.0 Å². The Morgan fingerprint density at radius 2 is 1.68 bits per heavy atom. The van der Waals surface area contributed by atoms with Crippen LogP contribution in [0.5, 0.6) is 0 Å². The number of benzene rings is 1. The van der Waals surface area contributed by atoms with E-state index in [0.29, 0.717) is 6.54 Å². The molecule has 154 valence electrons. The van der Waals surface area contributed by atoms with Crippen molar-refractivity contribution < 1.29 is 9.59 Å². The topological polar surface area (TPSA) is 55.9 Å². The molecule has 2 fully saturated rings. The molecule has 2 saturated heterocycles. The summed E-state index contributed by atoms with van der Waals surface area (Å²) in [7, 11) is 0. The molecule has 6 nitrogen and oxygen atoms in total. The number of piperazine rings is 1. The minimum absolute atomic E-state index is 0.0513. The molecule has 2 heterocycles. The second-order valence-electron chi connectivity index (χ2n) is 7.95. The first-order chi connectivity index (χ1) is 13.6. The molecule has 6 heteroatoms. The van der Waals surface area contributed by atoms with Gasteiger partial charge < -0.3 is 15.1 Å². The highest BCUT2D eigenvalue weighted by molar-refractivity contribution is 5.82. The van der Waals surface area contributed by atoms with Gasteiger partial charge in [0.25, 0.3) is 0 Å². The molecule has 1 aromatic rings. The molecule has 3 rings (SSSR count). The SMILES string of the molecule is CCN1CCN(C(=O)C(C)N2CCC(C(=O)NCc3ccccc3)CC2)CC1. The fourth-order valence-electron chi connectivity index (χ4n) is 4.18. The first kappa shape index (κ1) is 20.8. The molecule has 0 aliphatic carbocycles. The second-order valence-corrected chi connectivity index (χ2v) is 7.95. The Bertz CT molecular complexity index is 635. The number of likely N-dealkylation sites (N-methyl/N-ethyl adjacent to an activating group) is 1. The van der Waals surface area contributed by atoms with Gasteiger partial charge in [0.15, 0.2) is 0 Å². The monoisotopic (exact) mass is 386 g/mol. The fourth-order valence-corrected chi connectivity index (χ4v) is 4.18. The molecule has 2 aliphatic heterocycles. The van der Waals surface area contributed by atoms with E-state index in [1.165, 1.54) is 0 Å². The van der Waals surface area contributed by atoms with Crippen molar-refractivity contribution in [1.29, 1.82) is 0 Å². The van der Waals surface area contributed by atoms with Gasteiger partial charge in [-0.05, 0) is 45.0 Å². The Hall–Kier alpha value is -1.92. The summed E-state index contributed by atoms with van der Waals surface area (Å²) >= 11 is 0. The summed E-state index contributed by atoms with van der Waals surface area (Å²) in [6.07, 6.45) is 1.64. The van der Waals surface area contributed by atoms with Crippen LogP contribution in [0.3, 0.4) is 0 Å². The number of hydrogen-bond donors (Lipinski definition) is 1. The Balaban J connectivity index is 1.41. The molecule has 0 bridgehead atoms. The van der Waals surface area contributed by atoms with Crippen LogP contribution in [0.1, 0.15) is 32.3 Å². The minimum atomic E-state index is -0.0958. The van der Waals surface area contributed by atoms with Gasteiger partial charge >= 0.3 is 0 Å². The van der Waals surface area contributed by atoms with E-state index in [1.807, 2.05) is 42.2 Å². The van der Waals surface area contributed by atoms with Gasteiger partial charge in [0, 0.05) is 38.6 Å². The number of carbonyl (C=O) groups excluding carboxylic acids is 2. The molecule has 1 N–H and O–H groups in total. The molecular formula is C22H34N4O2. The Labute approximate surface area is 168 Å². The smallest absolute Gasteiger partial charge is 0.239 e. The highest BCUT2D eigenvalue weighted by Crippen LogP contribution is 2.20. The largest absolute Gasteiger partial charge is 0.352 e. The van der Waals surface area contributed by atoms with Crippen molar-refractivity contribution in [2.75, 3.05) is 45.8 Å². The van der Waals surface area contributed by atoms with Crippen LogP contribution >= 0.6 is 0 Å². The van der Waals surface area contributed by atoms with E-state index >= 15 is 0 Å². The molecule has 1 aromatic carbocycles. The third kappa shape index (κ3) is 5.32. The number of carbonyl (C=O) groups is 2. The summed E-state index contributed by atoms with van der Waals surface area (Å²) in [4.78, 5) is 32.0. The molecule has 1 atom stereocenters. The molecule has 0 aromatic heterocycles. The standard InChI is InChI=1S/C22H34N4O2/c1-3-24-13-15-26(16-14-24)22(28)18(2)25-11-9-20(10-12-25)21(27)23-17-19-7-5-4-6-8-19/h4-8,18,20H,3,9-17H2,1-2H3,(H,23,27). The molecular weight excluding hydrogens is 352 g/mol. The van der Waals surface area contributed by atoms with Gasteiger partial charge in [0.05, 0.1) is 6.04 Å². The first-order valence-electron chi connectivity index (χ1n) is 10.6. The predicted molar refractivity (Wildman–Crippen MR) is 111 cm³/mol. The van der Waals surface area contributed by atoms with Crippen molar-refractivity contribution in [3.63, 3.8) is 0 Å². The van der Waals surface area contributed by atoms with Crippen LogP contribution in [0.25, 0.3) is 0 Å². The van der Waals surface area contributed by atoms with Gasteiger partial charge in [-0.3, -0.25) is 14.5 Å². The Morgan fingerprint density at radius 3 is 2.29 bits per heavy atom. The molecule has 0 radical (unpaired) electrons. The lowest BCUT2D eigenvalue weighted by Crippen LogP contribution is -2.55. The van der Waals surface area contributed by atoms with Crippen LogP contribution in [0, 0.1) is 5.92 Å². The number of nitrogens with zero attached hydrogens (tertiary/aromatic N) is 3. The van der Waals surface area contributed by atoms with Crippen LogP contribution < -0.4 is 5.32 Å². The average Bonchev–Trinajstić information content (AvgIpc) is 2.77. The van der Waals surface area contributed by atoms with Crippen molar-refractivity contribution in [2.45, 2.75) is 39.3 Å². The Morgan fingerprint density at radius 1 is 1.04 bits per heavy atom. The van der Waals surface area contributed by atoms with Gasteiger partial charge in [-0.15, -0.1) is 0 Å². The quantitative estimate of drug-likeness (QED) is 0.806. The van der Waals surface area contributed by atoms with E-state index in [0.717, 1.165) is 64.2 Å². The Kier molecular flexibility index (Phi) is 7.45. The first-order valence-corrected chi connectivity index (χ1v) is 10.6. The fraction of sp³-hybridized carbons (Fsp3) is 0.636. The summed E-state index contributed by atoms with van der Waals surface area (Å²) in [6.45, 7) is 11.0. The summed E-state index contributed by atoms with van der Waals surface area (Å²) in [5.41, 5.74) is 1.12. The summed E-state index contributed by atoms with van der Waals surface area (Å²) in [5, 5.41) is 3.06. The van der Waals surface area contributed by atoms with Crippen molar-refractivity contribution in [1.82, 2.24) is 20.0 Å². The molecule has 28 heavy (non-hydrogen) atoms. The molecule has 2 aliphatic rings. The zero-order chi connectivity index (χ0) is 19.9. The van der Waals surface area contributed by atoms with Gasteiger partial charge in [-0.25, -0.2) is 0 Å². The predicted octanol–water partition coefficient (Wildman–Crippen LogP) is 1.57. The maximum Gasteiger partial charge on any atom is 0.239 e. The van der Waals surface area contributed by atoms with E-state index < -0.39 is 0 Å². The molecule has 1 unspecified atom stereocenters. The van der Waals surface area contributed by atoms with E-state index in [-0.39, 0.29) is 23.8 Å². The lowest BCUT2D eigenvalue weighted by atomic mass is 9.94. The average molecular weight is 387 g/mol. The number of amides is 2. The van der Waals surface area contributed by atoms with E-state index in [9.17, 15) is 9.59 Å². The summed E-state index contributed by atoms with van der Waals surface area (Å²) in [6, 6.07) is 9.91. The molecule has 0 spiro atoms. The number of likely N-dealkylation sites (tertiary alicyclic amines) is 1. The molecule has 2 amide bonds. The van der Waals surface area contributed by atoms with Crippen LogP contribution in [-0.2, 0) is 16.1 Å². The number of nitrogens with one attached hydrogen (secondary N) is 1. The van der Waals surface area contributed by atoms with Gasteiger partial charge in [0.2, 0.25) is 11.8 Å². The normalized spacial score (nSPS) is 20.7. The van der Waals surface area contributed by atoms with Crippen LogP contribution in [0.4, 0.5) is 0 Å². The van der Waals surface area contributed by atoms with E-state index in [4.69, 9.17) is 0 Å². The lowest BCUT2D eigenvalue weighted by Gasteiger charge is -2.39. The highest BCUT2D eigenvalue weighted by atomic mass is 16.2. The molecule has 0 saturated carbocycles. The number of hydrogen-bond acceptors (Lipinski definition) is 4. The van der Waals surface area contributed by atoms with Crippen molar-refractivity contribution in [3.05, 3.63) is 35.9 Å². The van der Waals surface area contributed by atoms with Crippen LogP contribution in [0.15, 0.2) is 30.3 Å². The van der Waals surface area contributed by atoms with Gasteiger partial charge in [-0.2, -0.15) is 0 Å². The van der Waals surface area contributed by atoms with Crippen molar-refractivity contribution in [3.8, 4) is 0 Å². The summed E-state index contributed by atoms with van der Waals surface area (Å²) in [5.74, 6) is 0.427. The summed E-state index contributed by atoms with van der Waals surface area (Å²) < 4.78 is 0. The highest BCUT2D eigenvalue weighted by Gasteiger charge is 2.32. The van der Waals surface area contributed by atoms with E-state index in [1.54, 1.807) is 0 Å². The second kappa shape index (κ2) is 10.0. The van der Waals surface area contributed by atoms with Crippen molar-refractivity contribution in [2.24, 2.45) is 5.92 Å². The zero-order valence-electron chi connectivity index (χ0n) is 17.3. The lowest BCUT2D eigenvalue weighted by molar-refractivity contribution is -0.139. The minimum Gasteiger partial charge on any atom is -0.352 e. The van der Waals surface area contributed by atoms with Crippen molar-refractivity contribution >= 4 is 11.8 Å². The number of piperidine rings is 1. The number of rotatable bonds is 6. The zero-order valence-corrected chi connectivity index (χ0v) is 17.3. The van der Waals surface area contributed by atoms with Gasteiger partial charge in [0.1, 0.15) is 0 Å². The third-order valence-electron chi connectivity index (χ3n) is 6.25.